The Hall–Kier alpha value is -1.41. The van der Waals surface area contributed by atoms with Gasteiger partial charge in [0.2, 0.25) is 5.91 Å². The van der Waals surface area contributed by atoms with Crippen LogP contribution in [0.4, 0.5) is 0 Å². The predicted molar refractivity (Wildman–Crippen MR) is 45.9 cm³/mol. The van der Waals surface area contributed by atoms with Gasteiger partial charge in [-0.1, -0.05) is 6.58 Å². The summed E-state index contributed by atoms with van der Waals surface area (Å²) in [5, 5.41) is 10.1. The van der Waals surface area contributed by atoms with Gasteiger partial charge in [0.15, 0.2) is 0 Å². The summed E-state index contributed by atoms with van der Waals surface area (Å²) >= 11 is 0. The van der Waals surface area contributed by atoms with Gasteiger partial charge in [0, 0.05) is 0 Å². The molecule has 80 valence electrons. The zero-order valence-electron chi connectivity index (χ0n) is 7.22. The molecule has 0 saturated heterocycles. The molecule has 1 amide bonds. The molecule has 1 unspecified atom stereocenters. The standard InChI is InChI=1S/C6H9NO6S/c1-3-4(8)7-6(2,5(9)10)14(11,12)13/h3H,1H2,2H3,(H,7,8)(H,9,10)(H,11,12,13). The molecule has 0 aromatic carbocycles. The molecule has 0 heterocycles. The molecule has 0 aromatic heterocycles. The topological polar surface area (TPSA) is 121 Å². The van der Waals surface area contributed by atoms with E-state index in [1.165, 1.54) is 0 Å². The minimum Gasteiger partial charge on any atom is -0.479 e. The van der Waals surface area contributed by atoms with Crippen molar-refractivity contribution in [2.24, 2.45) is 0 Å². The van der Waals surface area contributed by atoms with Crippen LogP contribution in [-0.2, 0) is 19.7 Å². The second-order valence-electron chi connectivity index (χ2n) is 2.51. The molecule has 0 aliphatic carbocycles. The smallest absolute Gasteiger partial charge is 0.347 e. The summed E-state index contributed by atoms with van der Waals surface area (Å²) in [6, 6.07) is 0. The number of hydrogen-bond acceptors (Lipinski definition) is 4. The van der Waals surface area contributed by atoms with E-state index < -0.39 is 26.9 Å². The molecule has 0 saturated carbocycles. The van der Waals surface area contributed by atoms with Gasteiger partial charge in [0.1, 0.15) is 0 Å². The van der Waals surface area contributed by atoms with Gasteiger partial charge in [-0.15, -0.1) is 0 Å². The van der Waals surface area contributed by atoms with E-state index >= 15 is 0 Å². The Morgan fingerprint density at radius 1 is 1.50 bits per heavy atom. The van der Waals surface area contributed by atoms with E-state index in [1.54, 1.807) is 5.32 Å². The van der Waals surface area contributed by atoms with Crippen LogP contribution in [0.15, 0.2) is 12.7 Å². The number of amides is 1. The van der Waals surface area contributed by atoms with Gasteiger partial charge in [-0.25, -0.2) is 4.79 Å². The summed E-state index contributed by atoms with van der Waals surface area (Å²) in [4.78, 5) is 18.5. The monoisotopic (exact) mass is 223 g/mol. The van der Waals surface area contributed by atoms with Crippen LogP contribution in [0.1, 0.15) is 6.92 Å². The van der Waals surface area contributed by atoms with Crippen LogP contribution in [0.5, 0.6) is 0 Å². The Morgan fingerprint density at radius 3 is 2.14 bits per heavy atom. The first-order valence-electron chi connectivity index (χ1n) is 3.30. The van der Waals surface area contributed by atoms with E-state index in [-0.39, 0.29) is 0 Å². The molecule has 0 aromatic rings. The maximum absolute atomic E-state index is 10.7. The maximum Gasteiger partial charge on any atom is 0.347 e. The summed E-state index contributed by atoms with van der Waals surface area (Å²) < 4.78 is 29.9. The molecule has 8 heteroatoms. The summed E-state index contributed by atoms with van der Waals surface area (Å²) in [5.41, 5.74) is 0. The highest BCUT2D eigenvalue weighted by molar-refractivity contribution is 7.88. The van der Waals surface area contributed by atoms with Crippen LogP contribution in [0.25, 0.3) is 0 Å². The SMILES string of the molecule is C=CC(=O)NC(C)(C(=O)O)S(=O)(=O)O. The minimum atomic E-state index is -4.95. The normalized spacial score (nSPS) is 15.3. The van der Waals surface area contributed by atoms with Crippen LogP contribution in [0.2, 0.25) is 0 Å². The fraction of sp³-hybridized carbons (Fsp3) is 0.333. The quantitative estimate of drug-likeness (QED) is 0.414. The Labute approximate surface area is 80.2 Å². The average molecular weight is 223 g/mol. The maximum atomic E-state index is 10.7. The lowest BCUT2D eigenvalue weighted by Gasteiger charge is -2.21. The fourth-order valence-electron chi connectivity index (χ4n) is 0.514. The van der Waals surface area contributed by atoms with E-state index in [0.29, 0.717) is 13.0 Å². The third-order valence-electron chi connectivity index (χ3n) is 1.47. The Balaban J connectivity index is 5.24. The highest BCUT2D eigenvalue weighted by Crippen LogP contribution is 2.12. The van der Waals surface area contributed by atoms with Crippen LogP contribution < -0.4 is 5.32 Å². The molecule has 0 aliphatic heterocycles. The van der Waals surface area contributed by atoms with Crippen molar-refractivity contribution in [3.63, 3.8) is 0 Å². The van der Waals surface area contributed by atoms with Gasteiger partial charge in [0.05, 0.1) is 0 Å². The van der Waals surface area contributed by atoms with Crippen molar-refractivity contribution in [3.8, 4) is 0 Å². The van der Waals surface area contributed by atoms with Crippen molar-refractivity contribution in [3.05, 3.63) is 12.7 Å². The van der Waals surface area contributed by atoms with Gasteiger partial charge in [0.25, 0.3) is 15.0 Å². The fourth-order valence-corrected chi connectivity index (χ4v) is 0.965. The molecule has 0 rings (SSSR count). The van der Waals surface area contributed by atoms with E-state index in [1.807, 2.05) is 0 Å². The van der Waals surface area contributed by atoms with Crippen molar-refractivity contribution >= 4 is 22.0 Å². The average Bonchev–Trinajstić information content (AvgIpc) is 2.01. The van der Waals surface area contributed by atoms with Gasteiger partial charge < -0.3 is 10.4 Å². The van der Waals surface area contributed by atoms with Crippen LogP contribution in [0.3, 0.4) is 0 Å². The summed E-state index contributed by atoms with van der Waals surface area (Å²) in [5.74, 6) is -2.91. The number of nitrogens with one attached hydrogen (secondary N) is 1. The first-order chi connectivity index (χ1) is 6.15. The number of carbonyl (C=O) groups is 2. The number of hydrogen-bond donors (Lipinski definition) is 3. The molecule has 1 atom stereocenters. The van der Waals surface area contributed by atoms with Gasteiger partial charge in [-0.05, 0) is 13.0 Å². The summed E-state index contributed by atoms with van der Waals surface area (Å²) in [6.07, 6.45) is 0.687. The first kappa shape index (κ1) is 12.6. The van der Waals surface area contributed by atoms with Gasteiger partial charge >= 0.3 is 5.97 Å². The van der Waals surface area contributed by atoms with Crippen molar-refractivity contribution in [2.75, 3.05) is 0 Å². The zero-order valence-corrected chi connectivity index (χ0v) is 8.04. The van der Waals surface area contributed by atoms with E-state index in [2.05, 4.69) is 6.58 Å². The largest absolute Gasteiger partial charge is 0.479 e. The van der Waals surface area contributed by atoms with Crippen molar-refractivity contribution in [1.82, 2.24) is 5.32 Å². The van der Waals surface area contributed by atoms with Crippen molar-refractivity contribution in [2.45, 2.75) is 11.8 Å². The highest BCUT2D eigenvalue weighted by Gasteiger charge is 2.47. The van der Waals surface area contributed by atoms with Gasteiger partial charge in [-0.3, -0.25) is 9.35 Å². The van der Waals surface area contributed by atoms with Gasteiger partial charge in [-0.2, -0.15) is 8.42 Å². The second-order valence-corrected chi connectivity index (χ2v) is 4.27. The minimum absolute atomic E-state index is 0.645. The lowest BCUT2D eigenvalue weighted by molar-refractivity contribution is -0.142. The molecule has 3 N–H and O–H groups in total. The number of carbonyl (C=O) groups excluding carboxylic acids is 1. The summed E-state index contributed by atoms with van der Waals surface area (Å²) in [7, 11) is -4.95. The Morgan fingerprint density at radius 2 is 1.93 bits per heavy atom. The molecule has 14 heavy (non-hydrogen) atoms. The van der Waals surface area contributed by atoms with Crippen LogP contribution >= 0.6 is 0 Å². The zero-order chi connectivity index (χ0) is 11.6. The molecular formula is C6H9NO6S. The lowest BCUT2D eigenvalue weighted by atomic mass is 10.3. The number of aliphatic carboxylic acids is 1. The molecule has 0 aliphatic rings. The molecule has 0 bridgehead atoms. The predicted octanol–water partition coefficient (Wildman–Crippen LogP) is -1.02. The van der Waals surface area contributed by atoms with Crippen molar-refractivity contribution in [1.29, 1.82) is 0 Å². The van der Waals surface area contributed by atoms with E-state index in [4.69, 9.17) is 9.66 Å². The third-order valence-corrected chi connectivity index (χ3v) is 2.78. The lowest BCUT2D eigenvalue weighted by Crippen LogP contribution is -2.57. The van der Waals surface area contributed by atoms with E-state index in [9.17, 15) is 18.0 Å². The van der Waals surface area contributed by atoms with Crippen LogP contribution in [0, 0.1) is 0 Å². The molecule has 0 spiro atoms. The van der Waals surface area contributed by atoms with Crippen LogP contribution in [-0.4, -0.2) is 34.8 Å². The second kappa shape index (κ2) is 3.76. The molecule has 0 fully saturated rings. The summed E-state index contributed by atoms with van der Waals surface area (Å²) in [6.45, 7) is 3.65. The van der Waals surface area contributed by atoms with Crippen molar-refractivity contribution < 1.29 is 27.7 Å². The Kier molecular flexibility index (Phi) is 3.38. The van der Waals surface area contributed by atoms with E-state index in [0.717, 1.165) is 0 Å². The molecule has 7 nitrogen and oxygen atoms in total. The number of rotatable bonds is 4. The first-order valence-corrected chi connectivity index (χ1v) is 4.74. The number of carboxylic acid groups (broad SMARTS) is 1. The number of carboxylic acids is 1. The molecule has 0 radical (unpaired) electrons. The third kappa shape index (κ3) is 2.30. The molecular weight excluding hydrogens is 214 g/mol. The Bertz CT molecular complexity index is 372. The highest BCUT2D eigenvalue weighted by atomic mass is 32.2.